The van der Waals surface area contributed by atoms with Crippen molar-refractivity contribution in [2.45, 2.75) is 19.9 Å². The predicted octanol–water partition coefficient (Wildman–Crippen LogP) is 2.76. The highest BCUT2D eigenvalue weighted by atomic mass is 19.1. The van der Waals surface area contributed by atoms with Gasteiger partial charge in [-0.05, 0) is 36.2 Å². The van der Waals surface area contributed by atoms with Crippen molar-refractivity contribution in [1.29, 1.82) is 0 Å². The van der Waals surface area contributed by atoms with Crippen molar-refractivity contribution >= 4 is 17.0 Å². The average molecular weight is 270 g/mol. The number of imidazole rings is 1. The molecule has 3 aromatic rings. The monoisotopic (exact) mass is 270 g/mol. The van der Waals surface area contributed by atoms with Crippen molar-refractivity contribution < 1.29 is 4.39 Å². The molecule has 4 nitrogen and oxygen atoms in total. The van der Waals surface area contributed by atoms with Crippen LogP contribution in [0.2, 0.25) is 0 Å². The third kappa shape index (κ3) is 2.11. The van der Waals surface area contributed by atoms with E-state index in [4.69, 9.17) is 5.73 Å². The number of pyridine rings is 1. The number of hydrogen-bond acceptors (Lipinski definition) is 3. The number of nitrogens with two attached hydrogens (primary N) is 1. The molecule has 2 aromatic heterocycles. The molecular formula is C15H15FN4. The first-order valence-corrected chi connectivity index (χ1v) is 6.53. The van der Waals surface area contributed by atoms with E-state index >= 15 is 0 Å². The molecule has 1 aromatic carbocycles. The zero-order valence-corrected chi connectivity index (χ0v) is 11.2. The minimum absolute atomic E-state index is 0.296. The highest BCUT2D eigenvalue weighted by Gasteiger charge is 2.11. The fourth-order valence-corrected chi connectivity index (χ4v) is 2.37. The summed E-state index contributed by atoms with van der Waals surface area (Å²) in [6, 6.07) is 8.43. The van der Waals surface area contributed by atoms with Gasteiger partial charge in [0.05, 0.1) is 23.3 Å². The molecule has 5 heteroatoms. The fraction of sp³-hybridized carbons (Fsp3) is 0.200. The van der Waals surface area contributed by atoms with Crippen LogP contribution >= 0.6 is 0 Å². The smallest absolute Gasteiger partial charge is 0.201 e. The van der Waals surface area contributed by atoms with Crippen molar-refractivity contribution in [3.8, 4) is 0 Å². The second-order valence-corrected chi connectivity index (χ2v) is 4.65. The summed E-state index contributed by atoms with van der Waals surface area (Å²) in [5.74, 6) is 0.0775. The summed E-state index contributed by atoms with van der Waals surface area (Å²) in [7, 11) is 0. The molecule has 0 amide bonds. The van der Waals surface area contributed by atoms with Gasteiger partial charge in [0.25, 0.3) is 0 Å². The Morgan fingerprint density at radius 3 is 2.95 bits per heavy atom. The lowest BCUT2D eigenvalue weighted by atomic mass is 10.1. The van der Waals surface area contributed by atoms with Crippen molar-refractivity contribution in [3.05, 3.63) is 53.6 Å². The van der Waals surface area contributed by atoms with Gasteiger partial charge < -0.3 is 10.3 Å². The number of aromatic nitrogens is 3. The van der Waals surface area contributed by atoms with Crippen LogP contribution in [0.25, 0.3) is 11.0 Å². The van der Waals surface area contributed by atoms with E-state index in [1.54, 1.807) is 16.8 Å². The van der Waals surface area contributed by atoms with E-state index in [1.807, 2.05) is 12.1 Å². The Labute approximate surface area is 116 Å². The van der Waals surface area contributed by atoms with E-state index in [0.717, 1.165) is 17.7 Å². The molecule has 0 bridgehead atoms. The molecule has 0 aliphatic rings. The van der Waals surface area contributed by atoms with Crippen LogP contribution in [0.4, 0.5) is 10.3 Å². The summed E-state index contributed by atoms with van der Waals surface area (Å²) in [6.45, 7) is 2.57. The van der Waals surface area contributed by atoms with Crippen molar-refractivity contribution in [2.75, 3.05) is 5.73 Å². The number of rotatable bonds is 3. The van der Waals surface area contributed by atoms with Gasteiger partial charge >= 0.3 is 0 Å². The largest absolute Gasteiger partial charge is 0.369 e. The van der Waals surface area contributed by atoms with E-state index < -0.39 is 0 Å². The average Bonchev–Trinajstić information content (AvgIpc) is 2.76. The van der Waals surface area contributed by atoms with Gasteiger partial charge in [-0.15, -0.1) is 0 Å². The standard InChI is InChI=1S/C15H15FN4/c1-2-10-4-3-7-18-13(10)9-20-14-8-11(16)5-6-12(14)19-15(20)17/h3-8H,2,9H2,1H3,(H2,17,19). The summed E-state index contributed by atoms with van der Waals surface area (Å²) < 4.78 is 15.2. The molecule has 0 aliphatic heterocycles. The molecule has 2 N–H and O–H groups in total. The number of anilines is 1. The summed E-state index contributed by atoms with van der Waals surface area (Å²) in [5, 5.41) is 0. The van der Waals surface area contributed by atoms with Crippen LogP contribution in [0.15, 0.2) is 36.5 Å². The van der Waals surface area contributed by atoms with Gasteiger partial charge in [-0.25, -0.2) is 9.37 Å². The molecular weight excluding hydrogens is 255 g/mol. The highest BCUT2D eigenvalue weighted by Crippen LogP contribution is 2.21. The number of hydrogen-bond donors (Lipinski definition) is 1. The minimum atomic E-state index is -0.296. The van der Waals surface area contributed by atoms with E-state index in [9.17, 15) is 4.39 Å². The van der Waals surface area contributed by atoms with Gasteiger partial charge in [0.15, 0.2) is 0 Å². The third-order valence-corrected chi connectivity index (χ3v) is 3.41. The van der Waals surface area contributed by atoms with E-state index in [1.165, 1.54) is 12.1 Å². The van der Waals surface area contributed by atoms with Crippen LogP contribution in [-0.2, 0) is 13.0 Å². The lowest BCUT2D eigenvalue weighted by molar-refractivity contribution is 0.628. The summed E-state index contributed by atoms with van der Waals surface area (Å²) in [5.41, 5.74) is 9.42. The molecule has 0 unspecified atom stereocenters. The number of nitrogen functional groups attached to an aromatic ring is 1. The van der Waals surface area contributed by atoms with E-state index in [0.29, 0.717) is 23.5 Å². The molecule has 102 valence electrons. The normalized spacial score (nSPS) is 11.1. The maximum Gasteiger partial charge on any atom is 0.201 e. The lowest BCUT2D eigenvalue weighted by Gasteiger charge is -2.09. The number of nitrogens with zero attached hydrogens (tertiary/aromatic N) is 3. The molecule has 0 aliphatic carbocycles. The maximum absolute atomic E-state index is 13.4. The first-order chi connectivity index (χ1) is 9.69. The number of aryl methyl sites for hydroxylation is 1. The quantitative estimate of drug-likeness (QED) is 0.796. The van der Waals surface area contributed by atoms with E-state index in [2.05, 4.69) is 16.9 Å². The fourth-order valence-electron chi connectivity index (χ4n) is 2.37. The lowest BCUT2D eigenvalue weighted by Crippen LogP contribution is -2.08. The predicted molar refractivity (Wildman–Crippen MR) is 76.8 cm³/mol. The topological polar surface area (TPSA) is 56.7 Å². The molecule has 0 atom stereocenters. The van der Waals surface area contributed by atoms with Crippen LogP contribution < -0.4 is 5.73 Å². The van der Waals surface area contributed by atoms with Gasteiger partial charge in [-0.2, -0.15) is 0 Å². The Kier molecular flexibility index (Phi) is 3.10. The number of benzene rings is 1. The van der Waals surface area contributed by atoms with Crippen LogP contribution in [0.3, 0.4) is 0 Å². The maximum atomic E-state index is 13.4. The Bertz CT molecular complexity index is 764. The second kappa shape index (κ2) is 4.92. The van der Waals surface area contributed by atoms with Crippen LogP contribution in [0, 0.1) is 5.82 Å². The van der Waals surface area contributed by atoms with Gasteiger partial charge in [0.1, 0.15) is 5.82 Å². The first kappa shape index (κ1) is 12.6. The van der Waals surface area contributed by atoms with Gasteiger partial charge in [-0.3, -0.25) is 4.98 Å². The van der Waals surface area contributed by atoms with Gasteiger partial charge in [-0.1, -0.05) is 13.0 Å². The molecule has 0 spiro atoms. The molecule has 0 saturated carbocycles. The van der Waals surface area contributed by atoms with Crippen LogP contribution in [-0.4, -0.2) is 14.5 Å². The van der Waals surface area contributed by atoms with Gasteiger partial charge in [0, 0.05) is 6.20 Å². The zero-order valence-electron chi connectivity index (χ0n) is 11.2. The Hall–Kier alpha value is -2.43. The Morgan fingerprint density at radius 1 is 1.30 bits per heavy atom. The summed E-state index contributed by atoms with van der Waals surface area (Å²) >= 11 is 0. The van der Waals surface area contributed by atoms with Crippen molar-refractivity contribution in [1.82, 2.24) is 14.5 Å². The second-order valence-electron chi connectivity index (χ2n) is 4.65. The van der Waals surface area contributed by atoms with Crippen molar-refractivity contribution in [3.63, 3.8) is 0 Å². The highest BCUT2D eigenvalue weighted by molar-refractivity contribution is 5.78. The van der Waals surface area contributed by atoms with Gasteiger partial charge in [0.2, 0.25) is 5.95 Å². The van der Waals surface area contributed by atoms with Crippen LogP contribution in [0.1, 0.15) is 18.2 Å². The minimum Gasteiger partial charge on any atom is -0.369 e. The molecule has 0 fully saturated rings. The Balaban J connectivity index is 2.10. The molecule has 0 saturated heterocycles. The molecule has 20 heavy (non-hydrogen) atoms. The Morgan fingerprint density at radius 2 is 2.15 bits per heavy atom. The van der Waals surface area contributed by atoms with Crippen molar-refractivity contribution in [2.24, 2.45) is 0 Å². The van der Waals surface area contributed by atoms with E-state index in [-0.39, 0.29) is 5.82 Å². The number of halogens is 1. The summed E-state index contributed by atoms with van der Waals surface area (Å²) in [4.78, 5) is 8.65. The summed E-state index contributed by atoms with van der Waals surface area (Å²) in [6.07, 6.45) is 2.65. The first-order valence-electron chi connectivity index (χ1n) is 6.53. The zero-order chi connectivity index (χ0) is 14.1. The van der Waals surface area contributed by atoms with Crippen LogP contribution in [0.5, 0.6) is 0 Å². The third-order valence-electron chi connectivity index (χ3n) is 3.41. The molecule has 0 radical (unpaired) electrons. The molecule has 3 rings (SSSR count). The number of fused-ring (bicyclic) bond motifs is 1. The SMILES string of the molecule is CCc1cccnc1Cn1c(N)nc2ccc(F)cc21. The molecule has 2 heterocycles.